The summed E-state index contributed by atoms with van der Waals surface area (Å²) < 4.78 is 10.6. The number of H-pyrrole nitrogens is 1. The van der Waals surface area contributed by atoms with Crippen LogP contribution in [0, 0.1) is 6.92 Å². The van der Waals surface area contributed by atoms with Crippen LogP contribution in [0.3, 0.4) is 0 Å². The zero-order valence-electron chi connectivity index (χ0n) is 18.7. The molecule has 166 valence electrons. The summed E-state index contributed by atoms with van der Waals surface area (Å²) in [6.45, 7) is 5.81. The van der Waals surface area contributed by atoms with E-state index in [1.807, 2.05) is 6.92 Å². The van der Waals surface area contributed by atoms with Gasteiger partial charge in [0.1, 0.15) is 17.6 Å². The number of rotatable bonds is 9. The van der Waals surface area contributed by atoms with Gasteiger partial charge in [-0.3, -0.25) is 4.99 Å². The predicted octanol–water partition coefficient (Wildman–Crippen LogP) is 3.32. The minimum atomic E-state index is -0.809. The third-order valence-corrected chi connectivity index (χ3v) is 5.25. The molecule has 4 N–H and O–H groups in total. The number of aliphatic imine (C=N–C) groups is 1. The third kappa shape index (κ3) is 5.49. The molecule has 0 amide bonds. The summed E-state index contributed by atoms with van der Waals surface area (Å²) in [4.78, 5) is 7.90. The minimum absolute atomic E-state index is 0.199. The summed E-state index contributed by atoms with van der Waals surface area (Å²) in [5, 5.41) is 18.6. The fraction of sp³-hybridized carbons (Fsp3) is 0.375. The Morgan fingerprint density at radius 2 is 2.00 bits per heavy atom. The van der Waals surface area contributed by atoms with Gasteiger partial charge < -0.3 is 30.2 Å². The number of fused-ring (bicyclic) bond motifs is 1. The molecule has 0 bridgehead atoms. The summed E-state index contributed by atoms with van der Waals surface area (Å²) in [5.74, 6) is 1.94. The van der Waals surface area contributed by atoms with E-state index < -0.39 is 6.10 Å². The van der Waals surface area contributed by atoms with Gasteiger partial charge in [-0.15, -0.1) is 0 Å². The van der Waals surface area contributed by atoms with Crippen molar-refractivity contribution in [3.8, 4) is 11.5 Å². The Bertz CT molecular complexity index is 1030. The van der Waals surface area contributed by atoms with E-state index in [0.29, 0.717) is 23.0 Å². The van der Waals surface area contributed by atoms with Gasteiger partial charge in [0, 0.05) is 35.8 Å². The second-order valence-corrected chi connectivity index (χ2v) is 7.33. The Kier molecular flexibility index (Phi) is 7.78. The molecule has 1 atom stereocenters. The van der Waals surface area contributed by atoms with Crippen molar-refractivity contribution in [1.82, 2.24) is 15.6 Å². The van der Waals surface area contributed by atoms with E-state index in [4.69, 9.17) is 9.47 Å². The molecule has 0 aliphatic rings. The van der Waals surface area contributed by atoms with Gasteiger partial charge in [0.05, 0.1) is 20.8 Å². The van der Waals surface area contributed by atoms with Crippen LogP contribution in [0.5, 0.6) is 11.5 Å². The number of benzene rings is 2. The molecular formula is C24H32N4O3. The van der Waals surface area contributed by atoms with Crippen molar-refractivity contribution in [3.63, 3.8) is 0 Å². The van der Waals surface area contributed by atoms with E-state index in [1.165, 1.54) is 16.5 Å². The number of nitrogens with zero attached hydrogens (tertiary/aromatic N) is 1. The molecule has 0 saturated carbocycles. The maximum Gasteiger partial charge on any atom is 0.191 e. The molecule has 3 aromatic rings. The molecule has 2 aromatic carbocycles. The quantitative estimate of drug-likeness (QED) is 0.312. The molecule has 0 fully saturated rings. The van der Waals surface area contributed by atoms with Crippen molar-refractivity contribution in [2.75, 3.05) is 33.9 Å². The first-order chi connectivity index (χ1) is 15.1. The molecule has 0 radical (unpaired) electrons. The first kappa shape index (κ1) is 22.5. The third-order valence-electron chi connectivity index (χ3n) is 5.25. The summed E-state index contributed by atoms with van der Waals surface area (Å²) in [6.07, 6.45) is 2.13. The fourth-order valence-electron chi connectivity index (χ4n) is 3.68. The molecule has 0 aliphatic heterocycles. The maximum atomic E-state index is 10.7. The maximum absolute atomic E-state index is 10.7. The molecule has 7 heteroatoms. The van der Waals surface area contributed by atoms with Gasteiger partial charge in [0.2, 0.25) is 0 Å². The summed E-state index contributed by atoms with van der Waals surface area (Å²) >= 11 is 0. The summed E-state index contributed by atoms with van der Waals surface area (Å²) in [5.41, 5.74) is 4.35. The smallest absolute Gasteiger partial charge is 0.191 e. The number of aliphatic hydroxyl groups excluding tert-OH is 1. The van der Waals surface area contributed by atoms with Crippen molar-refractivity contribution in [1.29, 1.82) is 0 Å². The van der Waals surface area contributed by atoms with Crippen molar-refractivity contribution in [2.24, 2.45) is 4.99 Å². The molecular weight excluding hydrogens is 392 g/mol. The number of hydrogen-bond acceptors (Lipinski definition) is 4. The number of aliphatic hydroxyl groups is 1. The van der Waals surface area contributed by atoms with Crippen LogP contribution in [0.2, 0.25) is 0 Å². The lowest BCUT2D eigenvalue weighted by atomic mass is 10.1. The molecule has 31 heavy (non-hydrogen) atoms. The van der Waals surface area contributed by atoms with Crippen LogP contribution in [0.4, 0.5) is 0 Å². The minimum Gasteiger partial charge on any atom is -0.497 e. The van der Waals surface area contributed by atoms with Crippen LogP contribution < -0.4 is 20.1 Å². The average Bonchev–Trinajstić information content (AvgIpc) is 3.21. The van der Waals surface area contributed by atoms with Gasteiger partial charge in [-0.25, -0.2) is 0 Å². The lowest BCUT2D eigenvalue weighted by Gasteiger charge is -2.16. The average molecular weight is 425 g/mol. The number of methoxy groups -OCH3 is 2. The monoisotopic (exact) mass is 424 g/mol. The van der Waals surface area contributed by atoms with Gasteiger partial charge in [-0.05, 0) is 55.7 Å². The Hall–Kier alpha value is -3.19. The molecule has 7 nitrogen and oxygen atoms in total. The number of aromatic amines is 1. The van der Waals surface area contributed by atoms with Crippen LogP contribution in [-0.4, -0.2) is 49.9 Å². The molecule has 1 heterocycles. The Balaban J connectivity index is 1.65. The highest BCUT2D eigenvalue weighted by Crippen LogP contribution is 2.29. The first-order valence-corrected chi connectivity index (χ1v) is 10.5. The molecule has 3 rings (SSSR count). The normalized spacial score (nSPS) is 12.6. The van der Waals surface area contributed by atoms with E-state index in [2.05, 4.69) is 51.9 Å². The van der Waals surface area contributed by atoms with E-state index in [9.17, 15) is 5.11 Å². The van der Waals surface area contributed by atoms with Crippen LogP contribution in [-0.2, 0) is 6.42 Å². The van der Waals surface area contributed by atoms with Crippen LogP contribution in [0.1, 0.15) is 29.7 Å². The fourth-order valence-corrected chi connectivity index (χ4v) is 3.68. The second-order valence-electron chi connectivity index (χ2n) is 7.33. The van der Waals surface area contributed by atoms with Gasteiger partial charge >= 0.3 is 0 Å². The Morgan fingerprint density at radius 1 is 1.16 bits per heavy atom. The van der Waals surface area contributed by atoms with Crippen LogP contribution in [0.15, 0.2) is 47.6 Å². The van der Waals surface area contributed by atoms with Crippen molar-refractivity contribution < 1.29 is 14.6 Å². The zero-order chi connectivity index (χ0) is 22.2. The van der Waals surface area contributed by atoms with Crippen molar-refractivity contribution in [3.05, 3.63) is 59.3 Å². The molecule has 1 unspecified atom stereocenters. The lowest BCUT2D eigenvalue weighted by Crippen LogP contribution is -2.38. The van der Waals surface area contributed by atoms with Gasteiger partial charge in [-0.1, -0.05) is 12.1 Å². The standard InChI is InChI=1S/C24H32N4O3/c1-5-25-24(26-12-11-17-14-27-20-8-6-7-16(2)23(17)20)28-15-21(29)19-13-18(30-3)9-10-22(19)31-4/h6-10,13-14,21,27,29H,5,11-12,15H2,1-4H3,(H2,25,26,28). The number of aromatic nitrogens is 1. The highest BCUT2D eigenvalue weighted by molar-refractivity contribution is 5.86. The highest BCUT2D eigenvalue weighted by atomic mass is 16.5. The predicted molar refractivity (Wildman–Crippen MR) is 125 cm³/mol. The van der Waals surface area contributed by atoms with E-state index >= 15 is 0 Å². The molecule has 0 aliphatic carbocycles. The zero-order valence-corrected chi connectivity index (χ0v) is 18.7. The van der Waals surface area contributed by atoms with Crippen molar-refractivity contribution >= 4 is 16.9 Å². The largest absolute Gasteiger partial charge is 0.497 e. The van der Waals surface area contributed by atoms with Gasteiger partial charge in [-0.2, -0.15) is 0 Å². The number of hydrogen-bond donors (Lipinski definition) is 4. The number of nitrogens with one attached hydrogen (secondary N) is 3. The number of guanidine groups is 1. The van der Waals surface area contributed by atoms with E-state index in [0.717, 1.165) is 25.0 Å². The first-order valence-electron chi connectivity index (χ1n) is 10.5. The number of aryl methyl sites for hydroxylation is 1. The number of ether oxygens (including phenoxy) is 2. The second kappa shape index (κ2) is 10.7. The molecule has 0 spiro atoms. The summed E-state index contributed by atoms with van der Waals surface area (Å²) in [7, 11) is 3.18. The topological polar surface area (TPSA) is 90.9 Å². The van der Waals surface area contributed by atoms with Crippen molar-refractivity contribution in [2.45, 2.75) is 26.4 Å². The Morgan fingerprint density at radius 3 is 2.74 bits per heavy atom. The van der Waals surface area contributed by atoms with E-state index in [-0.39, 0.29) is 6.54 Å². The summed E-state index contributed by atoms with van der Waals surface area (Å²) in [6, 6.07) is 11.7. The van der Waals surface area contributed by atoms with E-state index in [1.54, 1.807) is 32.4 Å². The van der Waals surface area contributed by atoms with Gasteiger partial charge in [0.15, 0.2) is 5.96 Å². The lowest BCUT2D eigenvalue weighted by molar-refractivity contribution is 0.182. The highest BCUT2D eigenvalue weighted by Gasteiger charge is 2.15. The SMILES string of the molecule is CCNC(=NCC(O)c1cc(OC)ccc1OC)NCCc1c[nH]c2cccc(C)c12. The Labute approximate surface area is 183 Å². The van der Waals surface area contributed by atoms with Crippen LogP contribution >= 0.6 is 0 Å². The van der Waals surface area contributed by atoms with Crippen LogP contribution in [0.25, 0.3) is 10.9 Å². The molecule has 1 aromatic heterocycles. The molecule has 0 saturated heterocycles. The van der Waals surface area contributed by atoms with Gasteiger partial charge in [0.25, 0.3) is 0 Å².